The molecule has 0 aliphatic heterocycles. The van der Waals surface area contributed by atoms with Crippen LogP contribution in [0.3, 0.4) is 0 Å². The number of fused-ring (bicyclic) bond motifs is 1. The first-order valence-corrected chi connectivity index (χ1v) is 6.38. The van der Waals surface area contributed by atoms with Gasteiger partial charge in [-0.15, -0.1) is 0 Å². The Hall–Kier alpha value is -1.81. The largest absolute Gasteiger partial charge is 0.237 e. The molecular formula is C14H10BrN3. The molecule has 18 heavy (non-hydrogen) atoms. The minimum absolute atomic E-state index is 0.648. The summed E-state index contributed by atoms with van der Waals surface area (Å²) in [5, 5.41) is 1.03. The first-order chi connectivity index (χ1) is 8.74. The topological polar surface area (TPSA) is 38.7 Å². The third-order valence-corrected chi connectivity index (χ3v) is 3.56. The van der Waals surface area contributed by atoms with Crippen molar-refractivity contribution in [3.8, 4) is 11.5 Å². The molecule has 0 radical (unpaired) electrons. The van der Waals surface area contributed by atoms with Crippen molar-refractivity contribution >= 4 is 26.8 Å². The molecule has 0 fully saturated rings. The quantitative estimate of drug-likeness (QED) is 0.642. The highest BCUT2D eigenvalue weighted by atomic mass is 79.9. The summed E-state index contributed by atoms with van der Waals surface area (Å²) in [4.78, 5) is 13.3. The standard InChI is InChI=1S/C14H10BrN3/c1-9-6-7-12(17-13(9)15)14-16-8-10-4-2-3-5-11(10)18-14/h2-8H,1H3. The van der Waals surface area contributed by atoms with Crippen LogP contribution in [0.4, 0.5) is 0 Å². The Bertz CT molecular complexity index is 725. The van der Waals surface area contributed by atoms with E-state index in [4.69, 9.17) is 0 Å². The predicted molar refractivity (Wildman–Crippen MR) is 75.2 cm³/mol. The molecule has 1 aromatic carbocycles. The number of para-hydroxylation sites is 1. The van der Waals surface area contributed by atoms with Crippen LogP contribution in [0.1, 0.15) is 5.56 Å². The molecule has 0 unspecified atom stereocenters. The molecule has 0 saturated carbocycles. The summed E-state index contributed by atoms with van der Waals surface area (Å²) in [5.74, 6) is 0.648. The van der Waals surface area contributed by atoms with Gasteiger partial charge in [-0.25, -0.2) is 15.0 Å². The first kappa shape index (κ1) is 11.3. The number of benzene rings is 1. The molecular weight excluding hydrogens is 290 g/mol. The Morgan fingerprint density at radius 2 is 1.83 bits per heavy atom. The molecule has 4 heteroatoms. The van der Waals surface area contributed by atoms with Crippen LogP contribution in [0.15, 0.2) is 47.2 Å². The Balaban J connectivity index is 2.16. The molecule has 0 amide bonds. The molecule has 2 heterocycles. The normalized spacial score (nSPS) is 10.8. The van der Waals surface area contributed by atoms with Gasteiger partial charge in [-0.05, 0) is 40.5 Å². The number of aromatic nitrogens is 3. The van der Waals surface area contributed by atoms with Gasteiger partial charge in [0.1, 0.15) is 10.3 Å². The van der Waals surface area contributed by atoms with Crippen molar-refractivity contribution in [1.29, 1.82) is 0 Å². The Kier molecular flexibility index (Phi) is 2.80. The average molecular weight is 300 g/mol. The highest BCUT2D eigenvalue weighted by Crippen LogP contribution is 2.20. The van der Waals surface area contributed by atoms with Crippen LogP contribution in [-0.2, 0) is 0 Å². The number of halogens is 1. The van der Waals surface area contributed by atoms with Crippen LogP contribution in [0, 0.1) is 6.92 Å². The number of pyridine rings is 1. The summed E-state index contributed by atoms with van der Waals surface area (Å²) >= 11 is 3.43. The molecule has 0 bridgehead atoms. The lowest BCUT2D eigenvalue weighted by Crippen LogP contribution is -1.93. The van der Waals surface area contributed by atoms with Crippen LogP contribution in [-0.4, -0.2) is 15.0 Å². The van der Waals surface area contributed by atoms with Crippen LogP contribution < -0.4 is 0 Å². The summed E-state index contributed by atoms with van der Waals surface area (Å²) in [6.07, 6.45) is 1.83. The van der Waals surface area contributed by atoms with Crippen LogP contribution >= 0.6 is 15.9 Å². The summed E-state index contributed by atoms with van der Waals surface area (Å²) < 4.78 is 0.830. The zero-order chi connectivity index (χ0) is 12.5. The lowest BCUT2D eigenvalue weighted by atomic mass is 10.2. The van der Waals surface area contributed by atoms with E-state index in [0.29, 0.717) is 5.82 Å². The summed E-state index contributed by atoms with van der Waals surface area (Å²) in [6.45, 7) is 2.00. The van der Waals surface area contributed by atoms with Gasteiger partial charge in [-0.3, -0.25) is 0 Å². The van der Waals surface area contributed by atoms with Gasteiger partial charge in [0.2, 0.25) is 0 Å². The van der Waals surface area contributed by atoms with Gasteiger partial charge in [0.15, 0.2) is 5.82 Å². The van der Waals surface area contributed by atoms with Crippen molar-refractivity contribution in [1.82, 2.24) is 15.0 Å². The van der Waals surface area contributed by atoms with Crippen molar-refractivity contribution < 1.29 is 0 Å². The van der Waals surface area contributed by atoms with E-state index in [2.05, 4.69) is 30.9 Å². The van der Waals surface area contributed by atoms with Crippen molar-refractivity contribution in [3.63, 3.8) is 0 Å². The fourth-order valence-electron chi connectivity index (χ4n) is 1.72. The van der Waals surface area contributed by atoms with E-state index >= 15 is 0 Å². The van der Waals surface area contributed by atoms with Crippen LogP contribution in [0.5, 0.6) is 0 Å². The second-order valence-corrected chi connectivity index (χ2v) is 4.81. The summed E-state index contributed by atoms with van der Waals surface area (Å²) in [5.41, 5.74) is 2.80. The number of hydrogen-bond donors (Lipinski definition) is 0. The first-order valence-electron chi connectivity index (χ1n) is 5.59. The summed E-state index contributed by atoms with van der Waals surface area (Å²) in [7, 11) is 0. The van der Waals surface area contributed by atoms with Gasteiger partial charge in [0, 0.05) is 11.6 Å². The van der Waals surface area contributed by atoms with Gasteiger partial charge < -0.3 is 0 Å². The van der Waals surface area contributed by atoms with Crippen LogP contribution in [0.25, 0.3) is 22.4 Å². The SMILES string of the molecule is Cc1ccc(-c2ncc3ccccc3n2)nc1Br. The number of aryl methyl sites for hydroxylation is 1. The Morgan fingerprint density at radius 1 is 1.00 bits per heavy atom. The monoisotopic (exact) mass is 299 g/mol. The van der Waals surface area contributed by atoms with Crippen LogP contribution in [0.2, 0.25) is 0 Å². The number of nitrogens with zero attached hydrogens (tertiary/aromatic N) is 3. The molecule has 0 atom stereocenters. The van der Waals surface area contributed by atoms with Crippen molar-refractivity contribution in [2.24, 2.45) is 0 Å². The van der Waals surface area contributed by atoms with Crippen molar-refractivity contribution in [2.45, 2.75) is 6.92 Å². The number of rotatable bonds is 1. The molecule has 0 saturated heterocycles. The highest BCUT2D eigenvalue weighted by Gasteiger charge is 2.06. The van der Waals surface area contributed by atoms with Gasteiger partial charge in [0.05, 0.1) is 5.52 Å². The van der Waals surface area contributed by atoms with E-state index in [1.54, 1.807) is 0 Å². The molecule has 3 aromatic rings. The third kappa shape index (κ3) is 1.99. The van der Waals surface area contributed by atoms with E-state index in [1.165, 1.54) is 0 Å². The summed E-state index contributed by atoms with van der Waals surface area (Å²) in [6, 6.07) is 11.9. The van der Waals surface area contributed by atoms with Gasteiger partial charge in [-0.2, -0.15) is 0 Å². The van der Waals surface area contributed by atoms with E-state index in [1.807, 2.05) is 49.5 Å². The van der Waals surface area contributed by atoms with E-state index < -0.39 is 0 Å². The predicted octanol–water partition coefficient (Wildman–Crippen LogP) is 3.76. The third-order valence-electron chi connectivity index (χ3n) is 2.75. The lowest BCUT2D eigenvalue weighted by molar-refractivity contribution is 1.14. The maximum absolute atomic E-state index is 4.52. The van der Waals surface area contributed by atoms with E-state index in [9.17, 15) is 0 Å². The minimum atomic E-state index is 0.648. The zero-order valence-corrected chi connectivity index (χ0v) is 11.3. The van der Waals surface area contributed by atoms with E-state index in [-0.39, 0.29) is 0 Å². The van der Waals surface area contributed by atoms with Crippen molar-refractivity contribution in [3.05, 3.63) is 52.8 Å². The fourth-order valence-corrected chi connectivity index (χ4v) is 2.05. The molecule has 0 aliphatic carbocycles. The molecule has 88 valence electrons. The highest BCUT2D eigenvalue weighted by molar-refractivity contribution is 9.10. The van der Waals surface area contributed by atoms with Gasteiger partial charge >= 0.3 is 0 Å². The fraction of sp³-hybridized carbons (Fsp3) is 0.0714. The maximum Gasteiger partial charge on any atom is 0.178 e. The molecule has 2 aromatic heterocycles. The zero-order valence-electron chi connectivity index (χ0n) is 9.76. The maximum atomic E-state index is 4.52. The second-order valence-electron chi connectivity index (χ2n) is 4.06. The Labute approximate surface area is 113 Å². The minimum Gasteiger partial charge on any atom is -0.237 e. The molecule has 3 rings (SSSR count). The smallest absolute Gasteiger partial charge is 0.178 e. The molecule has 3 nitrogen and oxygen atoms in total. The molecule has 0 N–H and O–H groups in total. The second kappa shape index (κ2) is 4.46. The molecule has 0 spiro atoms. The number of hydrogen-bond acceptors (Lipinski definition) is 3. The Morgan fingerprint density at radius 3 is 2.67 bits per heavy atom. The van der Waals surface area contributed by atoms with Gasteiger partial charge in [-0.1, -0.05) is 24.3 Å². The van der Waals surface area contributed by atoms with Gasteiger partial charge in [0.25, 0.3) is 0 Å². The van der Waals surface area contributed by atoms with Crippen molar-refractivity contribution in [2.75, 3.05) is 0 Å². The van der Waals surface area contributed by atoms with E-state index in [0.717, 1.165) is 26.8 Å². The average Bonchev–Trinajstić information content (AvgIpc) is 2.41. The molecule has 0 aliphatic rings. The lowest BCUT2D eigenvalue weighted by Gasteiger charge is -2.03.